The molecular weight excluding hydrogens is 448 g/mol. The number of nitro groups is 1. The van der Waals surface area contributed by atoms with Crippen LogP contribution in [0.15, 0.2) is 54.6 Å². The first-order valence-corrected chi connectivity index (χ1v) is 12.2. The summed E-state index contributed by atoms with van der Waals surface area (Å²) in [5.74, 6) is -0.946. The highest BCUT2D eigenvalue weighted by molar-refractivity contribution is 7.92. The van der Waals surface area contributed by atoms with E-state index in [1.54, 1.807) is 6.92 Å². The fourth-order valence-corrected chi connectivity index (χ4v) is 4.28. The molecule has 2 aromatic carbocycles. The maximum Gasteiger partial charge on any atom is 0.271 e. The van der Waals surface area contributed by atoms with Gasteiger partial charge in [-0.05, 0) is 24.5 Å². The van der Waals surface area contributed by atoms with E-state index in [2.05, 4.69) is 5.32 Å². The van der Waals surface area contributed by atoms with E-state index in [1.165, 1.54) is 30.1 Å². The molecule has 10 nitrogen and oxygen atoms in total. The van der Waals surface area contributed by atoms with Gasteiger partial charge in [0.05, 0.1) is 16.9 Å². The van der Waals surface area contributed by atoms with E-state index in [0.717, 1.165) is 22.2 Å². The van der Waals surface area contributed by atoms with Crippen molar-refractivity contribution in [2.24, 2.45) is 0 Å². The van der Waals surface area contributed by atoms with Crippen LogP contribution in [-0.2, 0) is 26.0 Å². The van der Waals surface area contributed by atoms with Crippen LogP contribution in [0.1, 0.15) is 18.9 Å². The molecule has 0 aliphatic heterocycles. The van der Waals surface area contributed by atoms with Gasteiger partial charge in [0.15, 0.2) is 0 Å². The standard InChI is InChI=1S/C22H28N4O6S/c1-4-20(22(28)23-2)24(14-13-17-9-6-5-7-10-17)21(27)16-25(33(3,31)32)18-11-8-12-19(15-18)26(29)30/h5-12,15,20H,4,13-14,16H2,1-3H3,(H,23,28)/t20-/m1/s1. The van der Waals surface area contributed by atoms with Crippen LogP contribution in [0, 0.1) is 10.1 Å². The second-order valence-electron chi connectivity index (χ2n) is 7.41. The predicted octanol–water partition coefficient (Wildman–Crippen LogP) is 1.96. The molecule has 0 spiro atoms. The summed E-state index contributed by atoms with van der Waals surface area (Å²) in [6.07, 6.45) is 1.72. The third kappa shape index (κ3) is 7.01. The molecule has 0 unspecified atom stereocenters. The lowest BCUT2D eigenvalue weighted by atomic mass is 10.1. The molecule has 0 aromatic heterocycles. The first-order valence-electron chi connectivity index (χ1n) is 10.4. The molecule has 0 radical (unpaired) electrons. The maximum absolute atomic E-state index is 13.3. The zero-order chi connectivity index (χ0) is 24.6. The van der Waals surface area contributed by atoms with Crippen LogP contribution in [0.4, 0.5) is 11.4 Å². The van der Waals surface area contributed by atoms with Crippen molar-refractivity contribution in [2.75, 3.05) is 30.7 Å². The van der Waals surface area contributed by atoms with Gasteiger partial charge in [-0.1, -0.05) is 43.3 Å². The monoisotopic (exact) mass is 476 g/mol. The van der Waals surface area contributed by atoms with E-state index in [-0.39, 0.29) is 23.8 Å². The summed E-state index contributed by atoms with van der Waals surface area (Å²) in [4.78, 5) is 37.7. The average molecular weight is 477 g/mol. The summed E-state index contributed by atoms with van der Waals surface area (Å²) in [5, 5.41) is 13.7. The molecule has 178 valence electrons. The topological polar surface area (TPSA) is 130 Å². The third-order valence-corrected chi connectivity index (χ3v) is 6.26. The number of nitrogens with one attached hydrogen (secondary N) is 1. The SMILES string of the molecule is CC[C@H](C(=O)NC)N(CCc1ccccc1)C(=O)CN(c1cccc([N+](=O)[O-])c1)S(C)(=O)=O. The highest BCUT2D eigenvalue weighted by atomic mass is 32.2. The van der Waals surface area contributed by atoms with Crippen LogP contribution < -0.4 is 9.62 Å². The predicted molar refractivity (Wildman–Crippen MR) is 125 cm³/mol. The van der Waals surface area contributed by atoms with Crippen LogP contribution in [0.2, 0.25) is 0 Å². The van der Waals surface area contributed by atoms with Crippen LogP contribution in [0.25, 0.3) is 0 Å². The Morgan fingerprint density at radius 1 is 1.12 bits per heavy atom. The normalized spacial score (nSPS) is 12.0. The van der Waals surface area contributed by atoms with Crippen LogP contribution >= 0.6 is 0 Å². The molecule has 0 saturated heterocycles. The van der Waals surface area contributed by atoms with Crippen molar-refractivity contribution in [3.63, 3.8) is 0 Å². The first kappa shape index (κ1) is 25.8. The van der Waals surface area contributed by atoms with Crippen molar-refractivity contribution in [3.05, 3.63) is 70.3 Å². The Hall–Kier alpha value is -3.47. The number of carbonyl (C=O) groups is 2. The fraction of sp³-hybridized carbons (Fsp3) is 0.364. The molecular formula is C22H28N4O6S. The third-order valence-electron chi connectivity index (χ3n) is 5.12. The molecule has 0 heterocycles. The van der Waals surface area contributed by atoms with Gasteiger partial charge in [0.25, 0.3) is 5.69 Å². The summed E-state index contributed by atoms with van der Waals surface area (Å²) < 4.78 is 25.8. The number of nitrogens with zero attached hydrogens (tertiary/aromatic N) is 3. The van der Waals surface area contributed by atoms with Gasteiger partial charge < -0.3 is 10.2 Å². The number of benzene rings is 2. The second-order valence-corrected chi connectivity index (χ2v) is 9.31. The Morgan fingerprint density at radius 2 is 1.79 bits per heavy atom. The lowest BCUT2D eigenvalue weighted by Crippen LogP contribution is -2.52. The number of anilines is 1. The molecule has 1 atom stereocenters. The van der Waals surface area contributed by atoms with E-state index in [1.807, 2.05) is 30.3 Å². The molecule has 0 aliphatic carbocycles. The number of likely N-dealkylation sites (N-methyl/N-ethyl adjacent to an activating group) is 1. The van der Waals surface area contributed by atoms with E-state index in [4.69, 9.17) is 0 Å². The summed E-state index contributed by atoms with van der Waals surface area (Å²) in [6.45, 7) is 1.36. The lowest BCUT2D eigenvalue weighted by Gasteiger charge is -2.32. The minimum absolute atomic E-state index is 0.00366. The van der Waals surface area contributed by atoms with Crippen molar-refractivity contribution in [1.29, 1.82) is 0 Å². The van der Waals surface area contributed by atoms with Gasteiger partial charge >= 0.3 is 0 Å². The molecule has 0 saturated carbocycles. The maximum atomic E-state index is 13.3. The first-order chi connectivity index (χ1) is 15.6. The largest absolute Gasteiger partial charge is 0.357 e. The summed E-state index contributed by atoms with van der Waals surface area (Å²) in [5.41, 5.74) is 0.656. The lowest BCUT2D eigenvalue weighted by molar-refractivity contribution is -0.384. The molecule has 0 fully saturated rings. The van der Waals surface area contributed by atoms with E-state index in [0.29, 0.717) is 12.8 Å². The number of hydrogen-bond acceptors (Lipinski definition) is 6. The number of rotatable bonds is 11. The molecule has 33 heavy (non-hydrogen) atoms. The van der Waals surface area contributed by atoms with E-state index >= 15 is 0 Å². The Bertz CT molecular complexity index is 1090. The zero-order valence-corrected chi connectivity index (χ0v) is 19.6. The van der Waals surface area contributed by atoms with E-state index < -0.39 is 33.4 Å². The highest BCUT2D eigenvalue weighted by Crippen LogP contribution is 2.23. The van der Waals surface area contributed by atoms with Gasteiger partial charge in [0.1, 0.15) is 12.6 Å². The van der Waals surface area contributed by atoms with Gasteiger partial charge in [-0.2, -0.15) is 0 Å². The van der Waals surface area contributed by atoms with Gasteiger partial charge in [0.2, 0.25) is 21.8 Å². The summed E-state index contributed by atoms with van der Waals surface area (Å²) >= 11 is 0. The second kappa shape index (κ2) is 11.4. The number of hydrogen-bond donors (Lipinski definition) is 1. The summed E-state index contributed by atoms with van der Waals surface area (Å²) in [7, 11) is -2.48. The Kier molecular flexibility index (Phi) is 8.92. The Morgan fingerprint density at radius 3 is 2.33 bits per heavy atom. The summed E-state index contributed by atoms with van der Waals surface area (Å²) in [6, 6.07) is 13.7. The molecule has 2 rings (SSSR count). The minimum Gasteiger partial charge on any atom is -0.357 e. The van der Waals surface area contributed by atoms with Crippen LogP contribution in [0.5, 0.6) is 0 Å². The Labute approximate surface area is 193 Å². The van der Waals surface area contributed by atoms with Crippen molar-refractivity contribution in [3.8, 4) is 0 Å². The smallest absolute Gasteiger partial charge is 0.271 e. The number of non-ortho nitro benzene ring substituents is 1. The van der Waals surface area contributed by atoms with Crippen molar-refractivity contribution in [2.45, 2.75) is 25.8 Å². The number of amides is 2. The minimum atomic E-state index is -3.95. The van der Waals surface area contributed by atoms with Gasteiger partial charge in [-0.15, -0.1) is 0 Å². The highest BCUT2D eigenvalue weighted by Gasteiger charge is 2.31. The van der Waals surface area contributed by atoms with Crippen LogP contribution in [0.3, 0.4) is 0 Å². The zero-order valence-electron chi connectivity index (χ0n) is 18.8. The van der Waals surface area contributed by atoms with Crippen LogP contribution in [-0.4, -0.2) is 62.5 Å². The van der Waals surface area contributed by atoms with Gasteiger partial charge in [0, 0.05) is 25.7 Å². The van der Waals surface area contributed by atoms with Gasteiger partial charge in [-0.3, -0.25) is 24.0 Å². The molecule has 2 amide bonds. The molecule has 1 N–H and O–H groups in total. The Balaban J connectivity index is 2.38. The van der Waals surface area contributed by atoms with Crippen molar-refractivity contribution >= 4 is 33.2 Å². The van der Waals surface area contributed by atoms with Crippen molar-refractivity contribution in [1.82, 2.24) is 10.2 Å². The van der Waals surface area contributed by atoms with E-state index in [9.17, 15) is 28.1 Å². The fourth-order valence-electron chi connectivity index (χ4n) is 3.44. The van der Waals surface area contributed by atoms with Gasteiger partial charge in [-0.25, -0.2) is 8.42 Å². The number of carbonyl (C=O) groups excluding carboxylic acids is 2. The molecule has 0 bridgehead atoms. The average Bonchev–Trinajstić information content (AvgIpc) is 2.79. The van der Waals surface area contributed by atoms with Crippen molar-refractivity contribution < 1.29 is 22.9 Å². The molecule has 2 aromatic rings. The molecule has 11 heteroatoms. The molecule has 0 aliphatic rings. The number of sulfonamides is 1. The quantitative estimate of drug-likeness (QED) is 0.390. The number of nitro benzene ring substituents is 1.